The van der Waals surface area contributed by atoms with Crippen LogP contribution in [0.4, 0.5) is 10.9 Å². The van der Waals surface area contributed by atoms with E-state index in [0.717, 1.165) is 34.4 Å². The Hall–Kier alpha value is -2.77. The minimum Gasteiger partial charge on any atom is -0.477 e. The molecule has 4 N–H and O–H groups in total. The third kappa shape index (κ3) is 4.52. The predicted molar refractivity (Wildman–Crippen MR) is 116 cm³/mol. The van der Waals surface area contributed by atoms with Crippen molar-refractivity contribution in [3.05, 3.63) is 21.0 Å². The average molecular weight is 468 g/mol. The number of thiazole rings is 1. The van der Waals surface area contributed by atoms with Crippen LogP contribution in [0.5, 0.6) is 0 Å². The number of aromatic nitrogens is 3. The van der Waals surface area contributed by atoms with Crippen molar-refractivity contribution >= 4 is 73.4 Å². The van der Waals surface area contributed by atoms with E-state index in [0.29, 0.717) is 26.4 Å². The molecule has 3 aromatic rings. The van der Waals surface area contributed by atoms with Crippen LogP contribution in [-0.4, -0.2) is 50.3 Å². The Kier molecular flexibility index (Phi) is 6.53. The van der Waals surface area contributed by atoms with Gasteiger partial charge in [-0.2, -0.15) is 0 Å². The summed E-state index contributed by atoms with van der Waals surface area (Å²) in [5.41, 5.74) is 6.97. The number of nitrogens with two attached hydrogens (primary N) is 1. The maximum Gasteiger partial charge on any atom is 0.350 e. The van der Waals surface area contributed by atoms with Gasteiger partial charge in [0.15, 0.2) is 10.3 Å². The van der Waals surface area contributed by atoms with Gasteiger partial charge in [-0.15, -0.1) is 11.3 Å². The van der Waals surface area contributed by atoms with E-state index >= 15 is 0 Å². The van der Waals surface area contributed by atoms with Crippen LogP contribution in [0.1, 0.15) is 37.5 Å². The number of thiophene rings is 1. The first-order chi connectivity index (χ1) is 14.2. The first kappa shape index (κ1) is 21.9. The van der Waals surface area contributed by atoms with Gasteiger partial charge in [0.25, 0.3) is 0 Å². The zero-order valence-electron chi connectivity index (χ0n) is 16.1. The highest BCUT2D eigenvalue weighted by atomic mass is 32.2. The van der Waals surface area contributed by atoms with Crippen LogP contribution < -0.4 is 11.1 Å². The van der Waals surface area contributed by atoms with E-state index in [-0.39, 0.29) is 39.2 Å². The minimum atomic E-state index is -1.05. The fraction of sp³-hybridized carbons (Fsp3) is 0.294. The minimum absolute atomic E-state index is 0.0194. The normalized spacial score (nSPS) is 10.9. The lowest BCUT2D eigenvalue weighted by atomic mass is 10.2. The molecule has 0 saturated carbocycles. The molecule has 0 radical (unpaired) electrons. The second-order valence-corrected chi connectivity index (χ2v) is 8.86. The molecule has 3 rings (SSSR count). The number of nitrogens with zero attached hydrogens (tertiary/aromatic N) is 3. The number of aryl methyl sites for hydroxylation is 2. The highest BCUT2D eigenvalue weighted by Gasteiger charge is 2.20. The van der Waals surface area contributed by atoms with Gasteiger partial charge in [-0.3, -0.25) is 4.79 Å². The van der Waals surface area contributed by atoms with Gasteiger partial charge in [0.2, 0.25) is 5.91 Å². The molecule has 3 aromatic heterocycles. The zero-order chi connectivity index (χ0) is 22.0. The molecule has 30 heavy (non-hydrogen) atoms. The van der Waals surface area contributed by atoms with Gasteiger partial charge in [0.05, 0.1) is 23.4 Å². The first-order valence-electron chi connectivity index (χ1n) is 8.58. The predicted octanol–water partition coefficient (Wildman–Crippen LogP) is 2.95. The maximum atomic E-state index is 12.3. The van der Waals surface area contributed by atoms with Gasteiger partial charge in [-0.25, -0.2) is 24.5 Å². The molecule has 0 unspecified atom stereocenters. The summed E-state index contributed by atoms with van der Waals surface area (Å²) in [6, 6.07) is 0. The Balaban J connectivity index is 1.69. The summed E-state index contributed by atoms with van der Waals surface area (Å²) in [5, 5.41) is 12.9. The van der Waals surface area contributed by atoms with Crippen LogP contribution in [0, 0.1) is 13.8 Å². The van der Waals surface area contributed by atoms with Crippen molar-refractivity contribution in [1.82, 2.24) is 15.0 Å². The van der Waals surface area contributed by atoms with Crippen molar-refractivity contribution in [2.24, 2.45) is 0 Å². The molecule has 0 atom stereocenters. The number of thioether (sulfide) groups is 1. The fourth-order valence-electron chi connectivity index (χ4n) is 2.54. The van der Waals surface area contributed by atoms with Crippen LogP contribution >= 0.6 is 34.4 Å². The van der Waals surface area contributed by atoms with E-state index in [1.807, 2.05) is 0 Å². The number of rotatable bonds is 7. The monoisotopic (exact) mass is 467 g/mol. The zero-order valence-corrected chi connectivity index (χ0v) is 18.6. The Bertz CT molecular complexity index is 1160. The van der Waals surface area contributed by atoms with Crippen molar-refractivity contribution in [2.45, 2.75) is 25.9 Å². The lowest BCUT2D eigenvalue weighted by molar-refractivity contribution is -0.113. The van der Waals surface area contributed by atoms with Crippen molar-refractivity contribution in [2.75, 3.05) is 23.4 Å². The van der Waals surface area contributed by atoms with Crippen LogP contribution in [0.15, 0.2) is 5.16 Å². The second-order valence-electron chi connectivity index (χ2n) is 5.92. The van der Waals surface area contributed by atoms with Crippen LogP contribution in [0.3, 0.4) is 0 Å². The molecule has 0 aliphatic heterocycles. The Morgan fingerprint density at radius 1 is 1.17 bits per heavy atom. The molecule has 0 fully saturated rings. The molecule has 3 heterocycles. The highest BCUT2D eigenvalue weighted by molar-refractivity contribution is 7.99. The van der Waals surface area contributed by atoms with Gasteiger partial charge in [0.1, 0.15) is 20.4 Å². The highest BCUT2D eigenvalue weighted by Crippen LogP contribution is 2.34. The number of hydrogen-bond acceptors (Lipinski definition) is 11. The molecular formula is C17H17N5O5S3. The summed E-state index contributed by atoms with van der Waals surface area (Å²) in [6.07, 6.45) is 0. The number of carboxylic acids is 1. The van der Waals surface area contributed by atoms with Crippen molar-refractivity contribution in [1.29, 1.82) is 0 Å². The van der Waals surface area contributed by atoms with E-state index in [1.165, 1.54) is 0 Å². The maximum absolute atomic E-state index is 12.3. The number of aromatic carboxylic acids is 1. The van der Waals surface area contributed by atoms with Gasteiger partial charge >= 0.3 is 11.9 Å². The summed E-state index contributed by atoms with van der Waals surface area (Å²) in [5.74, 6) is -1.75. The van der Waals surface area contributed by atoms with Crippen LogP contribution in [0.2, 0.25) is 0 Å². The van der Waals surface area contributed by atoms with E-state index in [9.17, 15) is 19.5 Å². The molecule has 0 aromatic carbocycles. The number of carbonyl (C=O) groups excluding carboxylic acids is 2. The molecule has 158 valence electrons. The number of ether oxygens (including phenoxy) is 1. The van der Waals surface area contributed by atoms with Crippen molar-refractivity contribution < 1.29 is 24.2 Å². The summed E-state index contributed by atoms with van der Waals surface area (Å²) in [4.78, 5) is 49.0. The molecule has 0 aliphatic rings. The molecule has 0 saturated heterocycles. The number of anilines is 2. The van der Waals surface area contributed by atoms with Crippen LogP contribution in [-0.2, 0) is 9.53 Å². The third-order valence-corrected chi connectivity index (χ3v) is 6.90. The number of esters is 1. The van der Waals surface area contributed by atoms with Gasteiger partial charge < -0.3 is 20.9 Å². The number of amides is 1. The quantitative estimate of drug-likeness (QED) is 0.268. The largest absolute Gasteiger partial charge is 0.477 e. The molecule has 13 heteroatoms. The fourth-order valence-corrected chi connectivity index (χ4v) is 5.15. The third-order valence-electron chi connectivity index (χ3n) is 3.83. The van der Waals surface area contributed by atoms with E-state index in [4.69, 9.17) is 10.5 Å². The summed E-state index contributed by atoms with van der Waals surface area (Å²) in [7, 11) is 0. The summed E-state index contributed by atoms with van der Waals surface area (Å²) >= 11 is 3.10. The lowest BCUT2D eigenvalue weighted by Crippen LogP contribution is -2.14. The van der Waals surface area contributed by atoms with Gasteiger partial charge in [0, 0.05) is 0 Å². The van der Waals surface area contributed by atoms with E-state index in [2.05, 4.69) is 20.3 Å². The Morgan fingerprint density at radius 2 is 1.90 bits per heavy atom. The Morgan fingerprint density at radius 3 is 2.57 bits per heavy atom. The topological polar surface area (TPSA) is 157 Å². The van der Waals surface area contributed by atoms with Gasteiger partial charge in [-0.1, -0.05) is 23.1 Å². The SMILES string of the molecule is CCOC(=O)c1sc(NC(=O)CSc2nc(N)c3c(C)c(C(=O)O)sc3n2)nc1C. The smallest absolute Gasteiger partial charge is 0.350 e. The van der Waals surface area contributed by atoms with Gasteiger partial charge in [-0.05, 0) is 26.3 Å². The number of hydrogen-bond donors (Lipinski definition) is 3. The standard InChI is InChI=1S/C17H17N5O5S3/c1-4-27-15(26)11-7(3)19-17(30-11)20-8(23)5-28-16-21-12(18)9-6(2)10(14(24)25)29-13(9)22-16/h4-5H2,1-3H3,(H,24,25)(H2,18,21,22)(H,19,20,23). The summed E-state index contributed by atoms with van der Waals surface area (Å²) in [6.45, 7) is 5.27. The van der Waals surface area contributed by atoms with E-state index in [1.54, 1.807) is 20.8 Å². The number of carbonyl (C=O) groups is 3. The second kappa shape index (κ2) is 8.93. The lowest BCUT2D eigenvalue weighted by Gasteiger charge is -2.03. The number of nitrogens with one attached hydrogen (secondary N) is 1. The summed E-state index contributed by atoms with van der Waals surface area (Å²) < 4.78 is 4.95. The van der Waals surface area contributed by atoms with E-state index < -0.39 is 11.9 Å². The number of fused-ring (bicyclic) bond motifs is 1. The molecule has 0 aliphatic carbocycles. The van der Waals surface area contributed by atoms with Crippen molar-refractivity contribution in [3.63, 3.8) is 0 Å². The molecule has 1 amide bonds. The molecular weight excluding hydrogens is 450 g/mol. The number of nitrogen functional groups attached to an aromatic ring is 1. The van der Waals surface area contributed by atoms with Crippen molar-refractivity contribution in [3.8, 4) is 0 Å². The average Bonchev–Trinajstić information content (AvgIpc) is 3.20. The molecule has 10 nitrogen and oxygen atoms in total. The van der Waals surface area contributed by atoms with Crippen LogP contribution in [0.25, 0.3) is 10.2 Å². The molecule has 0 spiro atoms. The Labute approximate surface area is 182 Å². The number of carboxylic acid groups (broad SMARTS) is 1. The first-order valence-corrected chi connectivity index (χ1v) is 11.2. The molecule has 0 bridgehead atoms.